The zero-order chi connectivity index (χ0) is 16.4. The zero-order valence-electron chi connectivity index (χ0n) is 13.8. The summed E-state index contributed by atoms with van der Waals surface area (Å²) < 4.78 is 11.4. The third kappa shape index (κ3) is 3.36. The smallest absolute Gasteiger partial charge is 0.143 e. The molecule has 3 rings (SSSR count). The van der Waals surface area contributed by atoms with E-state index in [9.17, 15) is 5.11 Å². The highest BCUT2D eigenvalue weighted by Gasteiger charge is 2.27. The maximum Gasteiger partial charge on any atom is 0.143 e. The van der Waals surface area contributed by atoms with Gasteiger partial charge in [0.05, 0.1) is 19.3 Å². The van der Waals surface area contributed by atoms with E-state index in [0.29, 0.717) is 6.04 Å². The lowest BCUT2D eigenvalue weighted by atomic mass is 10.0. The van der Waals surface area contributed by atoms with Crippen LogP contribution < -0.4 is 14.4 Å². The van der Waals surface area contributed by atoms with Crippen LogP contribution in [-0.2, 0) is 6.42 Å². The second-order valence-corrected chi connectivity index (χ2v) is 6.19. The molecule has 0 spiro atoms. The van der Waals surface area contributed by atoms with Crippen molar-refractivity contribution in [1.82, 2.24) is 0 Å². The number of phenols is 1. The molecule has 1 heterocycles. The van der Waals surface area contributed by atoms with Crippen molar-refractivity contribution >= 4 is 5.69 Å². The van der Waals surface area contributed by atoms with Gasteiger partial charge < -0.3 is 19.5 Å². The number of phenolic OH excluding ortho intramolecular Hbond substituents is 1. The number of nitrogens with zero attached hydrogens (tertiary/aromatic N) is 1. The van der Waals surface area contributed by atoms with Crippen molar-refractivity contribution in [2.45, 2.75) is 32.4 Å². The van der Waals surface area contributed by atoms with E-state index in [-0.39, 0.29) is 11.9 Å². The summed E-state index contributed by atoms with van der Waals surface area (Å²) in [5.41, 5.74) is 2.15. The van der Waals surface area contributed by atoms with Crippen molar-refractivity contribution in [2.24, 2.45) is 0 Å². The number of benzene rings is 2. The molecule has 4 nitrogen and oxygen atoms in total. The molecule has 0 radical (unpaired) electrons. The standard InChI is InChI=1S/C19H23NO3/c1-13(2)20-12-17(10-14-5-4-6-16(9-14)22-3)23-19-8-7-15(21)11-18(19)20/h4-9,11,13,17,21H,10,12H2,1-3H3. The van der Waals surface area contributed by atoms with Gasteiger partial charge in [0, 0.05) is 18.5 Å². The molecule has 2 aromatic rings. The van der Waals surface area contributed by atoms with Crippen LogP contribution in [0.15, 0.2) is 42.5 Å². The maximum atomic E-state index is 9.75. The number of fused-ring (bicyclic) bond motifs is 1. The van der Waals surface area contributed by atoms with Crippen LogP contribution in [0.5, 0.6) is 17.2 Å². The maximum absolute atomic E-state index is 9.75. The fourth-order valence-electron chi connectivity index (χ4n) is 3.02. The summed E-state index contributed by atoms with van der Waals surface area (Å²) in [6.45, 7) is 5.11. The summed E-state index contributed by atoms with van der Waals surface area (Å²) in [7, 11) is 1.68. The lowest BCUT2D eigenvalue weighted by Gasteiger charge is -2.39. The molecule has 1 aliphatic rings. The number of anilines is 1. The van der Waals surface area contributed by atoms with Gasteiger partial charge in [-0.1, -0.05) is 12.1 Å². The molecule has 1 atom stereocenters. The van der Waals surface area contributed by atoms with Gasteiger partial charge in [0.1, 0.15) is 23.4 Å². The Morgan fingerprint density at radius 3 is 2.83 bits per heavy atom. The minimum Gasteiger partial charge on any atom is -0.508 e. The zero-order valence-corrected chi connectivity index (χ0v) is 13.8. The SMILES string of the molecule is COc1cccc(CC2CN(C(C)C)c3cc(O)ccc3O2)c1. The van der Waals surface area contributed by atoms with Crippen molar-refractivity contribution in [2.75, 3.05) is 18.6 Å². The molecule has 0 fully saturated rings. The average Bonchev–Trinajstić information content (AvgIpc) is 2.54. The monoisotopic (exact) mass is 313 g/mol. The molecule has 23 heavy (non-hydrogen) atoms. The summed E-state index contributed by atoms with van der Waals surface area (Å²) in [4.78, 5) is 2.28. The molecular weight excluding hydrogens is 290 g/mol. The van der Waals surface area contributed by atoms with E-state index in [1.54, 1.807) is 19.2 Å². The van der Waals surface area contributed by atoms with E-state index < -0.39 is 0 Å². The van der Waals surface area contributed by atoms with Crippen LogP contribution in [0.4, 0.5) is 5.69 Å². The first kappa shape index (κ1) is 15.5. The highest BCUT2D eigenvalue weighted by atomic mass is 16.5. The Balaban J connectivity index is 1.83. The molecule has 0 aliphatic carbocycles. The summed E-state index contributed by atoms with van der Waals surface area (Å²) >= 11 is 0. The third-order valence-electron chi connectivity index (χ3n) is 4.17. The number of hydrogen-bond donors (Lipinski definition) is 1. The largest absolute Gasteiger partial charge is 0.508 e. The van der Waals surface area contributed by atoms with Gasteiger partial charge in [0.2, 0.25) is 0 Å². The average molecular weight is 313 g/mol. The quantitative estimate of drug-likeness (QED) is 0.936. The van der Waals surface area contributed by atoms with Gasteiger partial charge in [0.15, 0.2) is 0 Å². The second kappa shape index (κ2) is 6.41. The molecule has 1 aliphatic heterocycles. The molecule has 2 aromatic carbocycles. The van der Waals surface area contributed by atoms with Crippen molar-refractivity contribution in [3.63, 3.8) is 0 Å². The van der Waals surface area contributed by atoms with Crippen LogP contribution in [0.2, 0.25) is 0 Å². The van der Waals surface area contributed by atoms with Crippen LogP contribution in [0.25, 0.3) is 0 Å². The second-order valence-electron chi connectivity index (χ2n) is 6.19. The molecule has 1 N–H and O–H groups in total. The first-order valence-electron chi connectivity index (χ1n) is 7.96. The van der Waals surface area contributed by atoms with E-state index in [1.165, 1.54) is 5.56 Å². The van der Waals surface area contributed by atoms with E-state index in [0.717, 1.165) is 30.2 Å². The van der Waals surface area contributed by atoms with Crippen LogP contribution >= 0.6 is 0 Å². The number of hydrogen-bond acceptors (Lipinski definition) is 4. The Hall–Kier alpha value is -2.36. The fourth-order valence-corrected chi connectivity index (χ4v) is 3.02. The number of methoxy groups -OCH3 is 1. The van der Waals surface area contributed by atoms with E-state index in [1.807, 2.05) is 18.2 Å². The van der Waals surface area contributed by atoms with Crippen molar-refractivity contribution in [3.05, 3.63) is 48.0 Å². The molecule has 0 amide bonds. The van der Waals surface area contributed by atoms with Gasteiger partial charge in [-0.15, -0.1) is 0 Å². The van der Waals surface area contributed by atoms with Gasteiger partial charge in [-0.05, 0) is 43.7 Å². The molecule has 122 valence electrons. The Kier molecular flexibility index (Phi) is 4.33. The Morgan fingerprint density at radius 1 is 1.26 bits per heavy atom. The van der Waals surface area contributed by atoms with Gasteiger partial charge in [-0.25, -0.2) is 0 Å². The van der Waals surface area contributed by atoms with E-state index in [4.69, 9.17) is 9.47 Å². The Bertz CT molecular complexity index is 684. The minimum atomic E-state index is 0.0709. The normalized spacial score (nSPS) is 16.9. The predicted molar refractivity (Wildman–Crippen MR) is 91.7 cm³/mol. The number of ether oxygens (including phenoxy) is 2. The van der Waals surface area contributed by atoms with Crippen molar-refractivity contribution in [1.29, 1.82) is 0 Å². The fraction of sp³-hybridized carbons (Fsp3) is 0.368. The van der Waals surface area contributed by atoms with Crippen molar-refractivity contribution < 1.29 is 14.6 Å². The first-order chi connectivity index (χ1) is 11.1. The van der Waals surface area contributed by atoms with Gasteiger partial charge in [-0.2, -0.15) is 0 Å². The van der Waals surface area contributed by atoms with Crippen LogP contribution in [0, 0.1) is 0 Å². The summed E-state index contributed by atoms with van der Waals surface area (Å²) in [6, 6.07) is 13.7. The third-order valence-corrected chi connectivity index (χ3v) is 4.17. The van der Waals surface area contributed by atoms with E-state index >= 15 is 0 Å². The molecule has 0 aromatic heterocycles. The predicted octanol–water partition coefficient (Wildman–Crippen LogP) is 3.62. The van der Waals surface area contributed by atoms with E-state index in [2.05, 4.69) is 30.9 Å². The molecule has 4 heteroatoms. The highest BCUT2D eigenvalue weighted by molar-refractivity contribution is 5.63. The molecule has 0 saturated carbocycles. The van der Waals surface area contributed by atoms with Gasteiger partial charge in [0.25, 0.3) is 0 Å². The summed E-state index contributed by atoms with van der Waals surface area (Å²) in [5, 5.41) is 9.75. The lowest BCUT2D eigenvalue weighted by molar-refractivity contribution is 0.190. The Labute approximate surface area is 137 Å². The van der Waals surface area contributed by atoms with Crippen LogP contribution in [0.1, 0.15) is 19.4 Å². The van der Waals surface area contributed by atoms with Gasteiger partial charge >= 0.3 is 0 Å². The summed E-state index contributed by atoms with van der Waals surface area (Å²) in [6.07, 6.45) is 0.891. The molecule has 1 unspecified atom stereocenters. The number of rotatable bonds is 4. The van der Waals surface area contributed by atoms with Crippen LogP contribution in [-0.4, -0.2) is 30.9 Å². The Morgan fingerprint density at radius 2 is 2.09 bits per heavy atom. The topological polar surface area (TPSA) is 41.9 Å². The molecule has 0 saturated heterocycles. The highest BCUT2D eigenvalue weighted by Crippen LogP contribution is 2.37. The summed E-state index contributed by atoms with van der Waals surface area (Å²) in [5.74, 6) is 1.96. The van der Waals surface area contributed by atoms with Crippen LogP contribution in [0.3, 0.4) is 0 Å². The van der Waals surface area contributed by atoms with Gasteiger partial charge in [-0.3, -0.25) is 0 Å². The minimum absolute atomic E-state index is 0.0709. The molecule has 0 bridgehead atoms. The van der Waals surface area contributed by atoms with Crippen molar-refractivity contribution in [3.8, 4) is 17.2 Å². The number of aromatic hydroxyl groups is 1. The lowest BCUT2D eigenvalue weighted by Crippen LogP contribution is -2.44. The first-order valence-corrected chi connectivity index (χ1v) is 7.96. The molecular formula is C19H23NO3.